The van der Waals surface area contributed by atoms with Crippen molar-refractivity contribution in [2.45, 2.75) is 71.9 Å². The molecule has 0 saturated carbocycles. The minimum Gasteiger partial charge on any atom is -0.357 e. The van der Waals surface area contributed by atoms with E-state index in [-0.39, 0.29) is 5.41 Å². The fourth-order valence-electron chi connectivity index (χ4n) is 2.99. The quantitative estimate of drug-likeness (QED) is 0.623. The second-order valence-corrected chi connectivity index (χ2v) is 9.14. The van der Waals surface area contributed by atoms with E-state index >= 15 is 0 Å². The van der Waals surface area contributed by atoms with Crippen LogP contribution in [0.25, 0.3) is 0 Å². The van der Waals surface area contributed by atoms with Gasteiger partial charge in [0.05, 0.1) is 12.2 Å². The van der Waals surface area contributed by atoms with Gasteiger partial charge in [-0.2, -0.15) is 4.98 Å². The Kier molecular flexibility index (Phi) is 6.14. The first-order valence-electron chi connectivity index (χ1n) is 9.66. The summed E-state index contributed by atoms with van der Waals surface area (Å²) in [4.78, 5) is 17.6. The molecule has 0 fully saturated rings. The van der Waals surface area contributed by atoms with Crippen LogP contribution in [0.4, 0.5) is 0 Å². The SMILES string of the molecule is CCNC(=NCc1noc(C(C)(C)C)n1)N(C)Cc1nc2c(s1)CCCC2. The standard InChI is InChI=1S/C19H30N6OS/c1-6-20-18(21-11-15-23-17(26-24-15)19(2,3)4)25(5)12-16-22-13-9-7-8-10-14(13)27-16/h6-12H2,1-5H3,(H,20,21). The molecular weight excluding hydrogens is 360 g/mol. The highest BCUT2D eigenvalue weighted by Crippen LogP contribution is 2.27. The molecule has 2 aromatic rings. The Morgan fingerprint density at radius 1 is 1.26 bits per heavy atom. The lowest BCUT2D eigenvalue weighted by Gasteiger charge is -2.20. The van der Waals surface area contributed by atoms with Crippen molar-refractivity contribution < 1.29 is 4.52 Å². The number of fused-ring (bicyclic) bond motifs is 1. The number of hydrogen-bond acceptors (Lipinski definition) is 6. The highest BCUT2D eigenvalue weighted by molar-refractivity contribution is 7.11. The van der Waals surface area contributed by atoms with Gasteiger partial charge in [-0.25, -0.2) is 9.98 Å². The molecular formula is C19H30N6OS. The highest BCUT2D eigenvalue weighted by atomic mass is 32.1. The molecule has 0 unspecified atom stereocenters. The van der Waals surface area contributed by atoms with Crippen molar-refractivity contribution in [2.24, 2.45) is 4.99 Å². The fourth-order valence-corrected chi connectivity index (χ4v) is 4.20. The first-order chi connectivity index (χ1) is 12.9. The third kappa shape index (κ3) is 5.06. The molecule has 0 spiro atoms. The number of aliphatic imine (C=N–C) groups is 1. The molecule has 0 atom stereocenters. The molecule has 27 heavy (non-hydrogen) atoms. The molecule has 0 amide bonds. The van der Waals surface area contributed by atoms with Gasteiger partial charge in [0.2, 0.25) is 5.89 Å². The monoisotopic (exact) mass is 390 g/mol. The lowest BCUT2D eigenvalue weighted by Crippen LogP contribution is -2.38. The van der Waals surface area contributed by atoms with Crippen molar-refractivity contribution in [3.63, 3.8) is 0 Å². The van der Waals surface area contributed by atoms with Gasteiger partial charge in [-0.1, -0.05) is 25.9 Å². The third-order valence-corrected chi connectivity index (χ3v) is 5.58. The van der Waals surface area contributed by atoms with Crippen molar-refractivity contribution in [1.82, 2.24) is 25.3 Å². The van der Waals surface area contributed by atoms with Crippen molar-refractivity contribution >= 4 is 17.3 Å². The fraction of sp³-hybridized carbons (Fsp3) is 0.684. The molecule has 0 saturated heterocycles. The summed E-state index contributed by atoms with van der Waals surface area (Å²) in [7, 11) is 2.04. The zero-order valence-electron chi connectivity index (χ0n) is 17.0. The molecule has 0 aliphatic heterocycles. The largest absolute Gasteiger partial charge is 0.357 e. The summed E-state index contributed by atoms with van der Waals surface area (Å²) in [6.07, 6.45) is 4.85. The number of nitrogens with one attached hydrogen (secondary N) is 1. The van der Waals surface area contributed by atoms with Crippen LogP contribution in [-0.4, -0.2) is 39.6 Å². The molecule has 148 valence electrons. The van der Waals surface area contributed by atoms with E-state index in [0.29, 0.717) is 18.3 Å². The first kappa shape index (κ1) is 19.8. The van der Waals surface area contributed by atoms with Crippen LogP contribution in [0.1, 0.15) is 67.8 Å². The Balaban J connectivity index is 1.67. The smallest absolute Gasteiger partial charge is 0.232 e. The Bertz CT molecular complexity index is 765. The van der Waals surface area contributed by atoms with Gasteiger partial charge in [0.1, 0.15) is 11.6 Å². The van der Waals surface area contributed by atoms with Crippen LogP contribution < -0.4 is 5.32 Å². The topological polar surface area (TPSA) is 79.4 Å². The van der Waals surface area contributed by atoms with Gasteiger partial charge < -0.3 is 14.7 Å². The second kappa shape index (κ2) is 8.37. The van der Waals surface area contributed by atoms with E-state index in [2.05, 4.69) is 53.0 Å². The zero-order chi connectivity index (χ0) is 19.4. The normalized spacial score (nSPS) is 14.9. The lowest BCUT2D eigenvalue weighted by atomic mass is 9.97. The van der Waals surface area contributed by atoms with Crippen LogP contribution in [0.3, 0.4) is 0 Å². The van der Waals surface area contributed by atoms with Crippen molar-refractivity contribution in [3.05, 3.63) is 27.3 Å². The number of aromatic nitrogens is 3. The number of aryl methyl sites for hydroxylation is 2. The van der Waals surface area contributed by atoms with Gasteiger partial charge in [0, 0.05) is 23.9 Å². The average Bonchev–Trinajstić information content (AvgIpc) is 3.24. The molecule has 8 heteroatoms. The first-order valence-corrected chi connectivity index (χ1v) is 10.5. The minimum atomic E-state index is -0.153. The number of guanidine groups is 1. The summed E-state index contributed by atoms with van der Waals surface area (Å²) in [6, 6.07) is 0. The van der Waals surface area contributed by atoms with Crippen LogP contribution in [0.15, 0.2) is 9.52 Å². The number of nitrogens with zero attached hydrogens (tertiary/aromatic N) is 5. The zero-order valence-corrected chi connectivity index (χ0v) is 17.8. The number of rotatable bonds is 5. The molecule has 2 heterocycles. The second-order valence-electron chi connectivity index (χ2n) is 7.98. The van der Waals surface area contributed by atoms with E-state index < -0.39 is 0 Å². The van der Waals surface area contributed by atoms with E-state index in [1.165, 1.54) is 29.8 Å². The van der Waals surface area contributed by atoms with Gasteiger partial charge in [0.25, 0.3) is 0 Å². The maximum atomic E-state index is 5.35. The van der Waals surface area contributed by atoms with E-state index in [1.807, 2.05) is 18.4 Å². The van der Waals surface area contributed by atoms with Crippen molar-refractivity contribution in [3.8, 4) is 0 Å². The minimum absolute atomic E-state index is 0.153. The van der Waals surface area contributed by atoms with Crippen LogP contribution >= 0.6 is 11.3 Å². The molecule has 0 aromatic carbocycles. The van der Waals surface area contributed by atoms with Crippen molar-refractivity contribution in [1.29, 1.82) is 0 Å². The van der Waals surface area contributed by atoms with E-state index in [4.69, 9.17) is 9.51 Å². The molecule has 7 nitrogen and oxygen atoms in total. The molecule has 0 radical (unpaired) electrons. The van der Waals surface area contributed by atoms with Crippen molar-refractivity contribution in [2.75, 3.05) is 13.6 Å². The summed E-state index contributed by atoms with van der Waals surface area (Å²) in [6.45, 7) is 10.2. The van der Waals surface area contributed by atoms with Gasteiger partial charge in [-0.05, 0) is 32.6 Å². The van der Waals surface area contributed by atoms with Crippen LogP contribution in [0, 0.1) is 0 Å². The predicted molar refractivity (Wildman–Crippen MR) is 108 cm³/mol. The molecule has 3 rings (SSSR count). The average molecular weight is 391 g/mol. The molecule has 2 aromatic heterocycles. The maximum absolute atomic E-state index is 5.35. The van der Waals surface area contributed by atoms with Crippen LogP contribution in [0.5, 0.6) is 0 Å². The predicted octanol–water partition coefficient (Wildman–Crippen LogP) is 3.30. The number of thiazole rings is 1. The molecule has 1 aliphatic rings. The van der Waals surface area contributed by atoms with E-state index in [0.717, 1.165) is 30.5 Å². The molecule has 1 N–H and O–H groups in total. The highest BCUT2D eigenvalue weighted by Gasteiger charge is 2.22. The Hall–Kier alpha value is -1.96. The third-order valence-electron chi connectivity index (χ3n) is 4.44. The lowest BCUT2D eigenvalue weighted by molar-refractivity contribution is 0.318. The van der Waals surface area contributed by atoms with Gasteiger partial charge in [-0.15, -0.1) is 11.3 Å². The Labute approximate surface area is 165 Å². The summed E-state index contributed by atoms with van der Waals surface area (Å²) in [5.74, 6) is 2.07. The summed E-state index contributed by atoms with van der Waals surface area (Å²) >= 11 is 1.84. The van der Waals surface area contributed by atoms with Gasteiger partial charge in [0.15, 0.2) is 11.8 Å². The van der Waals surface area contributed by atoms with Gasteiger partial charge in [-0.3, -0.25) is 0 Å². The van der Waals surface area contributed by atoms with E-state index in [9.17, 15) is 0 Å². The van der Waals surface area contributed by atoms with Crippen LogP contribution in [-0.2, 0) is 31.3 Å². The summed E-state index contributed by atoms with van der Waals surface area (Å²) in [5, 5.41) is 8.55. The molecule has 0 bridgehead atoms. The summed E-state index contributed by atoms with van der Waals surface area (Å²) in [5.41, 5.74) is 1.15. The number of hydrogen-bond donors (Lipinski definition) is 1. The van der Waals surface area contributed by atoms with E-state index in [1.54, 1.807) is 0 Å². The molecule has 1 aliphatic carbocycles. The van der Waals surface area contributed by atoms with Gasteiger partial charge >= 0.3 is 0 Å². The van der Waals surface area contributed by atoms with Crippen LogP contribution in [0.2, 0.25) is 0 Å². The Morgan fingerprint density at radius 2 is 2.04 bits per heavy atom. The maximum Gasteiger partial charge on any atom is 0.232 e. The Morgan fingerprint density at radius 3 is 2.70 bits per heavy atom. The summed E-state index contributed by atoms with van der Waals surface area (Å²) < 4.78 is 5.35.